The van der Waals surface area contributed by atoms with Gasteiger partial charge in [0.15, 0.2) is 11.5 Å². The zero-order valence-corrected chi connectivity index (χ0v) is 16.7. The molecule has 1 amide bonds. The molecule has 0 aliphatic rings. The summed E-state index contributed by atoms with van der Waals surface area (Å²) in [5.41, 5.74) is 4.48. The summed E-state index contributed by atoms with van der Waals surface area (Å²) in [6.45, 7) is 9.02. The van der Waals surface area contributed by atoms with Crippen molar-refractivity contribution in [1.29, 1.82) is 0 Å². The summed E-state index contributed by atoms with van der Waals surface area (Å²) < 4.78 is 1.90. The number of aryl methyl sites for hydroxylation is 2. The molecule has 0 bridgehead atoms. The number of pyridine rings is 1. The minimum Gasteiger partial charge on any atom is -0.304 e. The minimum absolute atomic E-state index is 0.154. The zero-order valence-electron chi connectivity index (χ0n) is 16.7. The predicted molar refractivity (Wildman–Crippen MR) is 114 cm³/mol. The summed E-state index contributed by atoms with van der Waals surface area (Å²) in [5, 5.41) is 9.61. The molecule has 0 spiro atoms. The maximum absolute atomic E-state index is 12.8. The predicted octanol–water partition coefficient (Wildman–Crippen LogP) is 5.11. The van der Waals surface area contributed by atoms with Gasteiger partial charge in [0.05, 0.1) is 10.9 Å². The SMILES string of the molecule is Cc1ccccc1C(=O)Nc1nn(CC(C)C)c2nc3c(C)cccc3cc12. The molecule has 0 saturated heterocycles. The van der Waals surface area contributed by atoms with Crippen molar-refractivity contribution < 1.29 is 4.79 Å². The van der Waals surface area contributed by atoms with E-state index in [0.29, 0.717) is 17.3 Å². The molecular weight excluding hydrogens is 348 g/mol. The van der Waals surface area contributed by atoms with Gasteiger partial charge < -0.3 is 5.32 Å². The first-order chi connectivity index (χ1) is 13.4. The molecule has 0 saturated carbocycles. The highest BCUT2D eigenvalue weighted by Gasteiger charge is 2.18. The third-order valence-electron chi connectivity index (χ3n) is 4.91. The Kier molecular flexibility index (Phi) is 4.59. The number of aromatic nitrogens is 3. The second kappa shape index (κ2) is 7.08. The molecule has 2 aromatic heterocycles. The second-order valence-corrected chi connectivity index (χ2v) is 7.70. The van der Waals surface area contributed by atoms with Crippen LogP contribution < -0.4 is 5.32 Å². The maximum atomic E-state index is 12.8. The Hall–Kier alpha value is -3.21. The molecule has 0 unspecified atom stereocenters. The lowest BCUT2D eigenvalue weighted by atomic mass is 10.1. The van der Waals surface area contributed by atoms with Crippen molar-refractivity contribution in [2.75, 3.05) is 5.32 Å². The van der Waals surface area contributed by atoms with Crippen molar-refractivity contribution in [1.82, 2.24) is 14.8 Å². The Bertz CT molecular complexity index is 1190. The Labute approximate surface area is 164 Å². The Morgan fingerprint density at radius 2 is 1.82 bits per heavy atom. The van der Waals surface area contributed by atoms with Crippen LogP contribution in [0.4, 0.5) is 5.82 Å². The van der Waals surface area contributed by atoms with E-state index >= 15 is 0 Å². The van der Waals surface area contributed by atoms with E-state index in [1.165, 1.54) is 0 Å². The number of rotatable bonds is 4. The molecule has 2 aromatic carbocycles. The van der Waals surface area contributed by atoms with E-state index in [2.05, 4.69) is 38.2 Å². The van der Waals surface area contributed by atoms with Crippen LogP contribution in [0.5, 0.6) is 0 Å². The normalized spacial score (nSPS) is 11.5. The lowest BCUT2D eigenvalue weighted by Gasteiger charge is -2.06. The highest BCUT2D eigenvalue weighted by atomic mass is 16.1. The van der Waals surface area contributed by atoms with Crippen LogP contribution in [0.1, 0.15) is 35.3 Å². The largest absolute Gasteiger partial charge is 0.304 e. The number of benzene rings is 2. The number of para-hydroxylation sites is 1. The third-order valence-corrected chi connectivity index (χ3v) is 4.91. The number of hydrogen-bond donors (Lipinski definition) is 1. The quantitative estimate of drug-likeness (QED) is 0.541. The Morgan fingerprint density at radius 3 is 2.57 bits per heavy atom. The average Bonchev–Trinajstić information content (AvgIpc) is 2.97. The van der Waals surface area contributed by atoms with E-state index in [0.717, 1.165) is 39.6 Å². The fraction of sp³-hybridized carbons (Fsp3) is 0.261. The van der Waals surface area contributed by atoms with E-state index in [4.69, 9.17) is 10.1 Å². The molecule has 5 heteroatoms. The first kappa shape index (κ1) is 18.2. The van der Waals surface area contributed by atoms with Crippen LogP contribution in [0.15, 0.2) is 48.5 Å². The minimum atomic E-state index is -0.154. The molecule has 1 N–H and O–H groups in total. The summed E-state index contributed by atoms with van der Waals surface area (Å²) in [5.74, 6) is 0.815. The van der Waals surface area contributed by atoms with Crippen molar-refractivity contribution in [3.63, 3.8) is 0 Å². The third kappa shape index (κ3) is 3.24. The summed E-state index contributed by atoms with van der Waals surface area (Å²) in [4.78, 5) is 17.7. The van der Waals surface area contributed by atoms with Gasteiger partial charge in [0.25, 0.3) is 5.91 Å². The molecule has 2 heterocycles. The molecule has 0 aliphatic heterocycles. The number of hydrogen-bond acceptors (Lipinski definition) is 3. The van der Waals surface area contributed by atoms with Crippen molar-refractivity contribution in [3.05, 3.63) is 65.2 Å². The van der Waals surface area contributed by atoms with Gasteiger partial charge in [-0.15, -0.1) is 0 Å². The zero-order chi connectivity index (χ0) is 19.8. The van der Waals surface area contributed by atoms with Crippen LogP contribution in [-0.4, -0.2) is 20.7 Å². The highest BCUT2D eigenvalue weighted by Crippen LogP contribution is 2.28. The van der Waals surface area contributed by atoms with Crippen LogP contribution in [-0.2, 0) is 6.54 Å². The summed E-state index contributed by atoms with van der Waals surface area (Å²) >= 11 is 0. The van der Waals surface area contributed by atoms with Gasteiger partial charge >= 0.3 is 0 Å². The smallest absolute Gasteiger partial charge is 0.257 e. The number of amides is 1. The summed E-state index contributed by atoms with van der Waals surface area (Å²) in [6.07, 6.45) is 0. The number of carbonyl (C=O) groups excluding carboxylic acids is 1. The number of nitrogens with one attached hydrogen (secondary N) is 1. The molecule has 5 nitrogen and oxygen atoms in total. The number of nitrogens with zero attached hydrogens (tertiary/aromatic N) is 3. The van der Waals surface area contributed by atoms with E-state index in [1.54, 1.807) is 0 Å². The fourth-order valence-corrected chi connectivity index (χ4v) is 3.50. The molecule has 0 aliphatic carbocycles. The molecule has 142 valence electrons. The number of carbonyl (C=O) groups is 1. The van der Waals surface area contributed by atoms with E-state index < -0.39 is 0 Å². The van der Waals surface area contributed by atoms with Gasteiger partial charge in [0.1, 0.15) is 0 Å². The second-order valence-electron chi connectivity index (χ2n) is 7.70. The lowest BCUT2D eigenvalue weighted by Crippen LogP contribution is -2.14. The first-order valence-electron chi connectivity index (χ1n) is 9.58. The molecule has 28 heavy (non-hydrogen) atoms. The summed E-state index contributed by atoms with van der Waals surface area (Å²) in [7, 11) is 0. The van der Waals surface area contributed by atoms with E-state index in [1.807, 2.05) is 48.0 Å². The Morgan fingerprint density at radius 1 is 1.07 bits per heavy atom. The number of fused-ring (bicyclic) bond motifs is 2. The first-order valence-corrected chi connectivity index (χ1v) is 9.58. The van der Waals surface area contributed by atoms with Crippen LogP contribution >= 0.6 is 0 Å². The van der Waals surface area contributed by atoms with Gasteiger partial charge in [0.2, 0.25) is 0 Å². The topological polar surface area (TPSA) is 59.8 Å². The van der Waals surface area contributed by atoms with Gasteiger partial charge in [-0.2, -0.15) is 5.10 Å². The molecule has 0 atom stereocenters. The molecule has 0 radical (unpaired) electrons. The van der Waals surface area contributed by atoms with Crippen molar-refractivity contribution in [2.45, 2.75) is 34.2 Å². The van der Waals surface area contributed by atoms with E-state index in [-0.39, 0.29) is 5.91 Å². The average molecular weight is 372 g/mol. The number of anilines is 1. The van der Waals surface area contributed by atoms with Gasteiger partial charge in [0, 0.05) is 17.5 Å². The van der Waals surface area contributed by atoms with Gasteiger partial charge in [-0.3, -0.25) is 4.79 Å². The van der Waals surface area contributed by atoms with Gasteiger partial charge in [-0.25, -0.2) is 9.67 Å². The van der Waals surface area contributed by atoms with Gasteiger partial charge in [-0.05, 0) is 43.0 Å². The Balaban J connectivity index is 1.85. The standard InChI is InChI=1S/C23H24N4O/c1-14(2)13-27-22-19(12-17-10-7-9-16(4)20(17)24-22)21(26-27)25-23(28)18-11-6-5-8-15(18)3/h5-12,14H,13H2,1-4H3,(H,25,26,28). The monoisotopic (exact) mass is 372 g/mol. The lowest BCUT2D eigenvalue weighted by molar-refractivity contribution is 0.102. The fourth-order valence-electron chi connectivity index (χ4n) is 3.50. The van der Waals surface area contributed by atoms with Crippen molar-refractivity contribution in [3.8, 4) is 0 Å². The van der Waals surface area contributed by atoms with Crippen LogP contribution in [0.25, 0.3) is 21.9 Å². The molecule has 4 aromatic rings. The van der Waals surface area contributed by atoms with Gasteiger partial charge in [-0.1, -0.05) is 50.2 Å². The van der Waals surface area contributed by atoms with Crippen LogP contribution in [0.3, 0.4) is 0 Å². The van der Waals surface area contributed by atoms with Crippen LogP contribution in [0, 0.1) is 19.8 Å². The van der Waals surface area contributed by atoms with Crippen molar-refractivity contribution >= 4 is 33.7 Å². The summed E-state index contributed by atoms with van der Waals surface area (Å²) in [6, 6.07) is 15.8. The maximum Gasteiger partial charge on any atom is 0.257 e. The van der Waals surface area contributed by atoms with Crippen LogP contribution in [0.2, 0.25) is 0 Å². The van der Waals surface area contributed by atoms with Crippen molar-refractivity contribution in [2.24, 2.45) is 5.92 Å². The highest BCUT2D eigenvalue weighted by molar-refractivity contribution is 6.09. The molecular formula is C23H24N4O. The molecule has 4 rings (SSSR count). The van der Waals surface area contributed by atoms with E-state index in [9.17, 15) is 4.79 Å². The molecule has 0 fully saturated rings.